The van der Waals surface area contributed by atoms with Crippen LogP contribution in [0.5, 0.6) is 0 Å². The Kier molecular flexibility index (Phi) is 38.9. The molecule has 0 aliphatic heterocycles. The minimum atomic E-state index is -0.870. The summed E-state index contributed by atoms with van der Waals surface area (Å²) in [5.41, 5.74) is 0. The first-order chi connectivity index (χ1) is 27.1. The van der Waals surface area contributed by atoms with Gasteiger partial charge in [-0.3, -0.25) is 9.59 Å². The van der Waals surface area contributed by atoms with Crippen molar-refractivity contribution in [2.24, 2.45) is 0 Å². The van der Waals surface area contributed by atoms with Crippen molar-refractivity contribution >= 4 is 17.9 Å². The van der Waals surface area contributed by atoms with Crippen molar-refractivity contribution in [2.45, 2.75) is 251 Å². The summed E-state index contributed by atoms with van der Waals surface area (Å²) in [6, 6.07) is -0.608. The van der Waals surface area contributed by atoms with Gasteiger partial charge in [-0.2, -0.15) is 0 Å². The van der Waals surface area contributed by atoms with Crippen LogP contribution < -0.4 is 0 Å². The molecule has 0 bridgehead atoms. The summed E-state index contributed by atoms with van der Waals surface area (Å²) in [7, 11) is 5.54. The Labute approximate surface area is 346 Å². The third-order valence-electron chi connectivity index (χ3n) is 11.3. The molecule has 2 atom stereocenters. The fraction of sp³-hybridized carbons (Fsp3) is 0.938. The van der Waals surface area contributed by atoms with Crippen molar-refractivity contribution in [1.82, 2.24) is 0 Å². The van der Waals surface area contributed by atoms with Crippen LogP contribution in [-0.2, 0) is 28.6 Å². The molecular formula is C48H94NO7+. The zero-order valence-corrected chi connectivity index (χ0v) is 37.9. The van der Waals surface area contributed by atoms with Crippen molar-refractivity contribution in [3.8, 4) is 0 Å². The van der Waals surface area contributed by atoms with Crippen LogP contribution in [0.1, 0.15) is 239 Å². The van der Waals surface area contributed by atoms with Gasteiger partial charge in [-0.1, -0.05) is 206 Å². The third kappa shape index (κ3) is 37.9. The molecule has 0 radical (unpaired) electrons. The van der Waals surface area contributed by atoms with E-state index in [2.05, 4.69) is 13.8 Å². The third-order valence-corrected chi connectivity index (χ3v) is 11.3. The highest BCUT2D eigenvalue weighted by Gasteiger charge is 2.31. The summed E-state index contributed by atoms with van der Waals surface area (Å²) in [5, 5.41) is 9.63. The number of hydrogen-bond donors (Lipinski definition) is 1. The molecule has 2 unspecified atom stereocenters. The molecule has 0 rings (SSSR count). The Morgan fingerprint density at radius 2 is 0.786 bits per heavy atom. The Balaban J connectivity index is 4.24. The van der Waals surface area contributed by atoms with Crippen LogP contribution in [0.3, 0.4) is 0 Å². The van der Waals surface area contributed by atoms with E-state index in [0.29, 0.717) is 19.3 Å². The van der Waals surface area contributed by atoms with Crippen LogP contribution in [0, 0.1) is 0 Å². The fourth-order valence-corrected chi connectivity index (χ4v) is 7.51. The van der Waals surface area contributed by atoms with Gasteiger partial charge in [0.1, 0.15) is 6.61 Å². The predicted octanol–water partition coefficient (Wildman–Crippen LogP) is 13.3. The van der Waals surface area contributed by atoms with Crippen molar-refractivity contribution in [2.75, 3.05) is 41.0 Å². The molecule has 0 aromatic heterocycles. The highest BCUT2D eigenvalue weighted by atomic mass is 16.6. The lowest BCUT2D eigenvalue weighted by Gasteiger charge is -2.31. The lowest BCUT2D eigenvalue weighted by atomic mass is 10.0. The number of carbonyl (C=O) groups excluding carboxylic acids is 2. The summed E-state index contributed by atoms with van der Waals surface area (Å²) in [5.74, 6) is -1.44. The second-order valence-corrected chi connectivity index (χ2v) is 17.7. The van der Waals surface area contributed by atoms with E-state index in [1.807, 2.05) is 21.1 Å². The van der Waals surface area contributed by atoms with Crippen LogP contribution in [-0.4, -0.2) is 80.6 Å². The van der Waals surface area contributed by atoms with Crippen LogP contribution in [0.25, 0.3) is 0 Å². The number of quaternary nitrogens is 1. The molecule has 8 heteroatoms. The molecule has 0 fully saturated rings. The number of esters is 2. The van der Waals surface area contributed by atoms with Crippen molar-refractivity contribution in [3.63, 3.8) is 0 Å². The number of carboxylic acids is 1. The molecule has 1 N–H and O–H groups in total. The first-order valence-corrected chi connectivity index (χ1v) is 24.1. The molecular weight excluding hydrogens is 703 g/mol. The number of carboxylic acid groups (broad SMARTS) is 1. The smallest absolute Gasteiger partial charge is 0.362 e. The van der Waals surface area contributed by atoms with E-state index in [-0.39, 0.29) is 36.2 Å². The summed E-state index contributed by atoms with van der Waals surface area (Å²) in [6.07, 6.45) is 41.4. The first kappa shape index (κ1) is 54.3. The maximum atomic E-state index is 12.7. The van der Waals surface area contributed by atoms with Gasteiger partial charge in [0, 0.05) is 19.3 Å². The molecule has 0 amide bonds. The van der Waals surface area contributed by atoms with Crippen LogP contribution >= 0.6 is 0 Å². The molecule has 8 nitrogen and oxygen atoms in total. The number of nitrogens with zero attached hydrogens (tertiary/aromatic N) is 1. The topological polar surface area (TPSA) is 99.1 Å². The van der Waals surface area contributed by atoms with Crippen molar-refractivity contribution in [3.05, 3.63) is 0 Å². The maximum Gasteiger partial charge on any atom is 0.362 e. The fourth-order valence-electron chi connectivity index (χ4n) is 7.51. The first-order valence-electron chi connectivity index (χ1n) is 24.1. The SMILES string of the molecule is CCCCCCCCCCCCCCCCCCCC(=O)OCC(COCCC(C(=O)O)[N+](C)(C)C)OC(=O)CCCCCCCCCCCCCCCCC. The van der Waals surface area contributed by atoms with Gasteiger partial charge < -0.3 is 23.8 Å². The molecule has 56 heavy (non-hydrogen) atoms. The van der Waals surface area contributed by atoms with E-state index in [0.717, 1.165) is 38.5 Å². The molecule has 0 aromatic carbocycles. The van der Waals surface area contributed by atoms with Crippen LogP contribution in [0.2, 0.25) is 0 Å². The van der Waals surface area contributed by atoms with Crippen molar-refractivity contribution < 1.29 is 38.2 Å². The van der Waals surface area contributed by atoms with E-state index in [1.54, 1.807) is 0 Å². The van der Waals surface area contributed by atoms with Crippen LogP contribution in [0.15, 0.2) is 0 Å². The molecule has 0 spiro atoms. The monoisotopic (exact) mass is 797 g/mol. The van der Waals surface area contributed by atoms with Crippen LogP contribution in [0.4, 0.5) is 0 Å². The standard InChI is InChI=1S/C48H93NO7/c1-6-8-10-12-14-16-18-20-22-23-25-26-28-30-32-34-36-38-46(50)55-43-44(42-54-41-40-45(48(52)53)49(3,4)5)56-47(51)39-37-35-33-31-29-27-24-21-19-17-15-13-11-9-7-2/h44-45H,6-43H2,1-5H3/p+1. The average molecular weight is 797 g/mol. The largest absolute Gasteiger partial charge is 0.477 e. The zero-order valence-electron chi connectivity index (χ0n) is 37.9. The average Bonchev–Trinajstić information content (AvgIpc) is 3.15. The molecule has 0 heterocycles. The van der Waals surface area contributed by atoms with E-state index in [4.69, 9.17) is 14.2 Å². The Morgan fingerprint density at radius 3 is 1.11 bits per heavy atom. The van der Waals surface area contributed by atoms with Gasteiger partial charge in [0.2, 0.25) is 0 Å². The Hall–Kier alpha value is -1.67. The minimum absolute atomic E-state index is 0.0416. The number of carbonyl (C=O) groups is 3. The highest BCUT2D eigenvalue weighted by Crippen LogP contribution is 2.17. The van der Waals surface area contributed by atoms with E-state index in [1.165, 1.54) is 167 Å². The Bertz CT molecular complexity index is 889. The molecule has 0 saturated carbocycles. The van der Waals surface area contributed by atoms with Gasteiger partial charge in [-0.05, 0) is 12.8 Å². The molecule has 0 aromatic rings. The number of likely N-dealkylation sites (N-methyl/N-ethyl adjacent to an activating group) is 1. The van der Waals surface area contributed by atoms with E-state index >= 15 is 0 Å². The minimum Gasteiger partial charge on any atom is -0.477 e. The lowest BCUT2D eigenvalue weighted by molar-refractivity contribution is -0.887. The quantitative estimate of drug-likeness (QED) is 0.0372. The van der Waals surface area contributed by atoms with Gasteiger partial charge >= 0.3 is 17.9 Å². The van der Waals surface area contributed by atoms with E-state index < -0.39 is 18.1 Å². The van der Waals surface area contributed by atoms with E-state index in [9.17, 15) is 19.5 Å². The second-order valence-electron chi connectivity index (χ2n) is 17.7. The summed E-state index contributed by atoms with van der Waals surface area (Å²) >= 11 is 0. The summed E-state index contributed by atoms with van der Waals surface area (Å²) in [4.78, 5) is 37.0. The number of aliphatic carboxylic acids is 1. The van der Waals surface area contributed by atoms with Gasteiger partial charge in [0.05, 0.1) is 34.4 Å². The number of ether oxygens (including phenoxy) is 3. The number of unbranched alkanes of at least 4 members (excludes halogenated alkanes) is 30. The molecule has 0 saturated heterocycles. The van der Waals surface area contributed by atoms with Gasteiger partial charge in [-0.25, -0.2) is 4.79 Å². The molecule has 332 valence electrons. The molecule has 0 aliphatic carbocycles. The summed E-state index contributed by atoms with van der Waals surface area (Å²) in [6.45, 7) is 4.79. The number of hydrogen-bond acceptors (Lipinski definition) is 6. The normalized spacial score (nSPS) is 12.8. The number of rotatable bonds is 44. The maximum absolute atomic E-state index is 12.7. The predicted molar refractivity (Wildman–Crippen MR) is 234 cm³/mol. The zero-order chi connectivity index (χ0) is 41.4. The van der Waals surface area contributed by atoms with Gasteiger partial charge in [0.25, 0.3) is 0 Å². The Morgan fingerprint density at radius 1 is 0.464 bits per heavy atom. The lowest BCUT2D eigenvalue weighted by Crippen LogP contribution is -2.50. The highest BCUT2D eigenvalue weighted by molar-refractivity contribution is 5.72. The summed E-state index contributed by atoms with van der Waals surface area (Å²) < 4.78 is 17.3. The second kappa shape index (κ2) is 40.1. The van der Waals surface area contributed by atoms with Gasteiger partial charge in [0.15, 0.2) is 12.1 Å². The van der Waals surface area contributed by atoms with Gasteiger partial charge in [-0.15, -0.1) is 0 Å². The molecule has 0 aliphatic rings. The van der Waals surface area contributed by atoms with Crippen molar-refractivity contribution in [1.29, 1.82) is 0 Å².